The van der Waals surface area contributed by atoms with Gasteiger partial charge in [-0.25, -0.2) is 0 Å². The summed E-state index contributed by atoms with van der Waals surface area (Å²) in [5.74, 6) is 2.20. The predicted molar refractivity (Wildman–Crippen MR) is 72.5 cm³/mol. The van der Waals surface area contributed by atoms with E-state index in [-0.39, 0.29) is 6.61 Å². The van der Waals surface area contributed by atoms with Gasteiger partial charge in [0.05, 0.1) is 13.5 Å². The van der Waals surface area contributed by atoms with Crippen molar-refractivity contribution >= 4 is 11.8 Å². The molecule has 0 aliphatic heterocycles. The highest BCUT2D eigenvalue weighted by molar-refractivity contribution is 7.99. The highest BCUT2D eigenvalue weighted by Gasteiger charge is 2.07. The second kappa shape index (κ2) is 7.16. The smallest absolute Gasteiger partial charge is 0.276 e. The molecule has 1 aromatic heterocycles. The molecule has 0 spiro atoms. The van der Waals surface area contributed by atoms with E-state index in [1.807, 2.05) is 24.3 Å². The first-order chi connectivity index (χ1) is 9.31. The fourth-order valence-corrected chi connectivity index (χ4v) is 2.21. The molecular weight excluding hydrogens is 264 g/mol. The SMILES string of the molecule is COc1ccc(Cc2nnc(SCCCO)o2)cc1. The van der Waals surface area contributed by atoms with E-state index in [0.717, 1.165) is 23.5 Å². The van der Waals surface area contributed by atoms with Crippen molar-refractivity contribution < 1.29 is 14.3 Å². The molecule has 0 atom stereocenters. The van der Waals surface area contributed by atoms with Gasteiger partial charge in [-0.2, -0.15) is 0 Å². The molecule has 0 amide bonds. The van der Waals surface area contributed by atoms with Crippen molar-refractivity contribution in [2.45, 2.75) is 18.1 Å². The van der Waals surface area contributed by atoms with Crippen molar-refractivity contribution in [3.05, 3.63) is 35.7 Å². The minimum atomic E-state index is 0.180. The number of hydrogen-bond acceptors (Lipinski definition) is 6. The average Bonchev–Trinajstić information content (AvgIpc) is 2.88. The number of aliphatic hydroxyl groups excluding tert-OH is 1. The van der Waals surface area contributed by atoms with E-state index in [0.29, 0.717) is 17.5 Å². The van der Waals surface area contributed by atoms with E-state index in [2.05, 4.69) is 10.2 Å². The third-order valence-corrected chi connectivity index (χ3v) is 3.40. The molecule has 2 aromatic rings. The van der Waals surface area contributed by atoms with Gasteiger partial charge in [0, 0.05) is 12.4 Å². The molecular formula is C13H16N2O3S. The number of nitrogens with zero attached hydrogens (tertiary/aromatic N) is 2. The molecule has 0 saturated carbocycles. The van der Waals surface area contributed by atoms with Gasteiger partial charge >= 0.3 is 0 Å². The molecule has 0 bridgehead atoms. The fourth-order valence-electron chi connectivity index (χ4n) is 1.51. The summed E-state index contributed by atoms with van der Waals surface area (Å²) in [6, 6.07) is 7.76. The van der Waals surface area contributed by atoms with Crippen LogP contribution >= 0.6 is 11.8 Å². The van der Waals surface area contributed by atoms with Crippen molar-refractivity contribution in [2.75, 3.05) is 19.5 Å². The van der Waals surface area contributed by atoms with Crippen LogP contribution in [0.15, 0.2) is 33.9 Å². The summed E-state index contributed by atoms with van der Waals surface area (Å²) in [5, 5.41) is 17.2. The molecule has 102 valence electrons. The number of aliphatic hydroxyl groups is 1. The van der Waals surface area contributed by atoms with Crippen molar-refractivity contribution in [3.63, 3.8) is 0 Å². The minimum absolute atomic E-state index is 0.180. The monoisotopic (exact) mass is 280 g/mol. The number of ether oxygens (including phenoxy) is 1. The minimum Gasteiger partial charge on any atom is -0.497 e. The fraction of sp³-hybridized carbons (Fsp3) is 0.385. The summed E-state index contributed by atoms with van der Waals surface area (Å²) in [6.45, 7) is 0.180. The summed E-state index contributed by atoms with van der Waals surface area (Å²) in [7, 11) is 1.64. The summed E-state index contributed by atoms with van der Waals surface area (Å²) >= 11 is 1.46. The molecule has 0 radical (unpaired) electrons. The Morgan fingerprint density at radius 2 is 2.05 bits per heavy atom. The molecule has 1 heterocycles. The maximum Gasteiger partial charge on any atom is 0.276 e. The lowest BCUT2D eigenvalue weighted by Gasteiger charge is -2.00. The second-order valence-corrected chi connectivity index (χ2v) is 4.96. The highest BCUT2D eigenvalue weighted by atomic mass is 32.2. The third-order valence-electron chi connectivity index (χ3n) is 2.49. The molecule has 2 rings (SSSR count). The van der Waals surface area contributed by atoms with Gasteiger partial charge < -0.3 is 14.3 Å². The molecule has 6 heteroatoms. The van der Waals surface area contributed by atoms with Gasteiger partial charge in [0.2, 0.25) is 5.89 Å². The Morgan fingerprint density at radius 1 is 1.26 bits per heavy atom. The normalized spacial score (nSPS) is 10.6. The largest absolute Gasteiger partial charge is 0.497 e. The van der Waals surface area contributed by atoms with Crippen molar-refractivity contribution in [1.82, 2.24) is 10.2 Å². The zero-order valence-corrected chi connectivity index (χ0v) is 11.5. The van der Waals surface area contributed by atoms with Gasteiger partial charge in [0.25, 0.3) is 5.22 Å². The van der Waals surface area contributed by atoms with Gasteiger partial charge in [-0.3, -0.25) is 0 Å². The maximum atomic E-state index is 8.70. The Morgan fingerprint density at radius 3 is 2.74 bits per heavy atom. The van der Waals surface area contributed by atoms with Gasteiger partial charge in [-0.05, 0) is 24.1 Å². The van der Waals surface area contributed by atoms with Gasteiger partial charge in [0.15, 0.2) is 0 Å². The van der Waals surface area contributed by atoms with Crippen LogP contribution in [0.1, 0.15) is 17.9 Å². The molecule has 0 aliphatic carbocycles. The van der Waals surface area contributed by atoms with E-state index in [9.17, 15) is 0 Å². The predicted octanol–water partition coefficient (Wildman–Crippen LogP) is 2.14. The van der Waals surface area contributed by atoms with Crippen LogP contribution in [0, 0.1) is 0 Å². The van der Waals surface area contributed by atoms with E-state index in [1.165, 1.54) is 11.8 Å². The van der Waals surface area contributed by atoms with Crippen LogP contribution < -0.4 is 4.74 Å². The quantitative estimate of drug-likeness (QED) is 0.619. The zero-order valence-electron chi connectivity index (χ0n) is 10.7. The van der Waals surface area contributed by atoms with Crippen LogP contribution in [0.4, 0.5) is 0 Å². The summed E-state index contributed by atoms with van der Waals surface area (Å²) in [6.07, 6.45) is 1.33. The first-order valence-electron chi connectivity index (χ1n) is 6.01. The van der Waals surface area contributed by atoms with Crippen molar-refractivity contribution in [2.24, 2.45) is 0 Å². The van der Waals surface area contributed by atoms with Gasteiger partial charge in [-0.15, -0.1) is 10.2 Å². The lowest BCUT2D eigenvalue weighted by molar-refractivity contribution is 0.296. The van der Waals surface area contributed by atoms with Crippen LogP contribution in [-0.4, -0.2) is 34.8 Å². The molecule has 1 aromatic carbocycles. The molecule has 0 saturated heterocycles. The summed E-state index contributed by atoms with van der Waals surface area (Å²) in [4.78, 5) is 0. The molecule has 0 fully saturated rings. The Hall–Kier alpha value is -1.53. The van der Waals surface area contributed by atoms with E-state index in [1.54, 1.807) is 7.11 Å². The lowest BCUT2D eigenvalue weighted by Crippen LogP contribution is -1.89. The molecule has 1 N–H and O–H groups in total. The Kier molecular flexibility index (Phi) is 5.23. The van der Waals surface area contributed by atoms with E-state index < -0.39 is 0 Å². The van der Waals surface area contributed by atoms with Crippen LogP contribution in [0.25, 0.3) is 0 Å². The molecule has 19 heavy (non-hydrogen) atoms. The Bertz CT molecular complexity index is 499. The number of benzene rings is 1. The average molecular weight is 280 g/mol. The first-order valence-corrected chi connectivity index (χ1v) is 6.99. The van der Waals surface area contributed by atoms with E-state index in [4.69, 9.17) is 14.3 Å². The van der Waals surface area contributed by atoms with Crippen LogP contribution in [-0.2, 0) is 6.42 Å². The second-order valence-electron chi connectivity index (χ2n) is 3.91. The Labute approximate surface area is 116 Å². The number of thioether (sulfide) groups is 1. The molecule has 0 aliphatic rings. The zero-order chi connectivity index (χ0) is 13.5. The number of aromatic nitrogens is 2. The van der Waals surface area contributed by atoms with Crippen LogP contribution in [0.2, 0.25) is 0 Å². The number of hydrogen-bond donors (Lipinski definition) is 1. The molecule has 0 unspecified atom stereocenters. The maximum absolute atomic E-state index is 8.70. The lowest BCUT2D eigenvalue weighted by atomic mass is 10.1. The van der Waals surface area contributed by atoms with Crippen molar-refractivity contribution in [3.8, 4) is 5.75 Å². The standard InChI is InChI=1S/C13H16N2O3S/c1-17-11-5-3-10(4-6-11)9-12-14-15-13(18-12)19-8-2-7-16/h3-6,16H,2,7-9H2,1H3. The molecule has 5 nitrogen and oxygen atoms in total. The third kappa shape index (κ3) is 4.25. The highest BCUT2D eigenvalue weighted by Crippen LogP contribution is 2.19. The summed E-state index contributed by atoms with van der Waals surface area (Å²) in [5.41, 5.74) is 1.09. The van der Waals surface area contributed by atoms with Gasteiger partial charge in [-0.1, -0.05) is 23.9 Å². The van der Waals surface area contributed by atoms with E-state index >= 15 is 0 Å². The first kappa shape index (κ1) is 13.9. The van der Waals surface area contributed by atoms with Crippen molar-refractivity contribution in [1.29, 1.82) is 0 Å². The van der Waals surface area contributed by atoms with Crippen LogP contribution in [0.3, 0.4) is 0 Å². The Balaban J connectivity index is 1.91. The number of rotatable bonds is 7. The topological polar surface area (TPSA) is 68.4 Å². The van der Waals surface area contributed by atoms with Gasteiger partial charge in [0.1, 0.15) is 5.75 Å². The number of methoxy groups -OCH3 is 1. The summed E-state index contributed by atoms with van der Waals surface area (Å²) < 4.78 is 10.6. The van der Waals surface area contributed by atoms with Crippen LogP contribution in [0.5, 0.6) is 5.75 Å².